The number of benzene rings is 2. The van der Waals surface area contributed by atoms with Crippen molar-refractivity contribution >= 4 is 11.4 Å². The zero-order chi connectivity index (χ0) is 13.2. The van der Waals surface area contributed by atoms with E-state index in [0.29, 0.717) is 0 Å². The topological polar surface area (TPSA) is 7.68 Å². The smallest absolute Gasteiger partial charge is 0.164 e. The summed E-state index contributed by atoms with van der Waals surface area (Å²) < 4.78 is 0. The van der Waals surface area contributed by atoms with Crippen LogP contribution in [-0.4, -0.2) is 25.7 Å². The second-order valence-corrected chi connectivity index (χ2v) is 5.09. The van der Waals surface area contributed by atoms with Crippen molar-refractivity contribution in [3.8, 4) is 0 Å². The van der Waals surface area contributed by atoms with Gasteiger partial charge in [0.05, 0.1) is 7.05 Å². The maximum Gasteiger partial charge on any atom is 0.164 e. The minimum absolute atomic E-state index is 0. The zero-order valence-corrected chi connectivity index (χ0v) is 14.0. The van der Waals surface area contributed by atoms with E-state index in [2.05, 4.69) is 79.7 Å². The molecule has 0 saturated carbocycles. The van der Waals surface area contributed by atoms with E-state index in [1.807, 2.05) is 0 Å². The Morgan fingerprint density at radius 3 is 1.90 bits per heavy atom. The highest BCUT2D eigenvalue weighted by Crippen LogP contribution is 2.27. The second kappa shape index (κ2) is 6.41. The monoisotopic (exact) mass is 378 g/mol. The predicted molar refractivity (Wildman–Crippen MR) is 79.2 cm³/mol. The quantitative estimate of drug-likeness (QED) is 0.655. The van der Waals surface area contributed by atoms with Gasteiger partial charge in [-0.05, 0) is 12.1 Å². The van der Waals surface area contributed by atoms with Crippen LogP contribution < -0.4 is 28.9 Å². The van der Waals surface area contributed by atoms with Gasteiger partial charge in [-0.15, -0.1) is 0 Å². The van der Waals surface area contributed by atoms with Crippen LogP contribution in [-0.2, 0) is 0 Å². The minimum atomic E-state index is 0. The first-order chi connectivity index (χ1) is 9.27. The van der Waals surface area contributed by atoms with Crippen molar-refractivity contribution in [3.63, 3.8) is 0 Å². The third kappa shape index (κ3) is 2.74. The fourth-order valence-electron chi connectivity index (χ4n) is 2.86. The molecular weight excluding hydrogens is 359 g/mol. The molecule has 0 aliphatic carbocycles. The molecule has 0 radical (unpaired) electrons. The number of nitrogens with one attached hydrogen (secondary N) is 1. The van der Waals surface area contributed by atoms with Gasteiger partial charge in [0.25, 0.3) is 0 Å². The number of hydrogen-bond donors (Lipinski definition) is 1. The molecule has 2 aromatic rings. The van der Waals surface area contributed by atoms with E-state index < -0.39 is 0 Å². The Morgan fingerprint density at radius 1 is 0.850 bits per heavy atom. The maximum absolute atomic E-state index is 2.34. The summed E-state index contributed by atoms with van der Waals surface area (Å²) in [6.45, 7) is 1.01. The number of halogens is 1. The van der Waals surface area contributed by atoms with E-state index in [-0.39, 0.29) is 24.0 Å². The highest BCUT2D eigenvalue weighted by molar-refractivity contribution is 5.86. The summed E-state index contributed by atoms with van der Waals surface area (Å²) in [6.07, 6.45) is 0. The fourth-order valence-corrected chi connectivity index (χ4v) is 2.86. The third-order valence-electron chi connectivity index (χ3n) is 3.63. The van der Waals surface area contributed by atoms with Crippen molar-refractivity contribution in [2.45, 2.75) is 0 Å². The Labute approximate surface area is 137 Å². The van der Waals surface area contributed by atoms with E-state index in [1.165, 1.54) is 27.4 Å². The van der Waals surface area contributed by atoms with Gasteiger partial charge in [-0.25, -0.2) is 0 Å². The van der Waals surface area contributed by atoms with Gasteiger partial charge >= 0.3 is 0 Å². The second-order valence-electron chi connectivity index (χ2n) is 5.09. The number of nitrogens with zero attached hydrogens (tertiary/aromatic N) is 1. The molecule has 1 heterocycles. The number of rotatable bonds is 2. The molecule has 0 aromatic heterocycles. The Balaban J connectivity index is 0.00000147. The van der Waals surface area contributed by atoms with Gasteiger partial charge in [0.15, 0.2) is 12.4 Å². The van der Waals surface area contributed by atoms with Crippen LogP contribution in [0.1, 0.15) is 11.1 Å². The van der Waals surface area contributed by atoms with Crippen LogP contribution in [0.4, 0.5) is 0 Å². The van der Waals surface area contributed by atoms with Gasteiger partial charge in [0.2, 0.25) is 0 Å². The largest absolute Gasteiger partial charge is 1.00 e. The molecule has 1 N–H and O–H groups in total. The lowest BCUT2D eigenvalue weighted by Crippen LogP contribution is -3.05. The average molecular weight is 378 g/mol. The van der Waals surface area contributed by atoms with Gasteiger partial charge < -0.3 is 28.9 Å². The van der Waals surface area contributed by atoms with E-state index in [0.717, 1.165) is 6.67 Å². The summed E-state index contributed by atoms with van der Waals surface area (Å²) in [5.41, 5.74) is 5.32. The lowest BCUT2D eigenvalue weighted by atomic mass is 10.1. The highest BCUT2D eigenvalue weighted by atomic mass is 127. The van der Waals surface area contributed by atoms with Crippen molar-refractivity contribution in [3.05, 3.63) is 71.8 Å². The SMILES string of the molecule is CN1C[NH+](C)C(c2ccccc2)=C1c1ccccc1.[I-]. The molecule has 3 rings (SSSR count). The summed E-state index contributed by atoms with van der Waals surface area (Å²) in [5, 5.41) is 0. The van der Waals surface area contributed by atoms with Gasteiger partial charge in [-0.1, -0.05) is 48.5 Å². The minimum Gasteiger partial charge on any atom is -1.00 e. The Hall–Kier alpha value is -1.33. The van der Waals surface area contributed by atoms with Crippen molar-refractivity contribution in [1.82, 2.24) is 4.90 Å². The molecule has 1 aliphatic rings. The summed E-state index contributed by atoms with van der Waals surface area (Å²) in [7, 11) is 4.40. The molecule has 2 aromatic carbocycles. The summed E-state index contributed by atoms with van der Waals surface area (Å²) in [6, 6.07) is 21.3. The Bertz CT molecular complexity index is 539. The highest BCUT2D eigenvalue weighted by Gasteiger charge is 2.30. The van der Waals surface area contributed by atoms with Crippen LogP contribution in [0, 0.1) is 0 Å². The molecule has 0 amide bonds. The molecule has 0 bridgehead atoms. The Morgan fingerprint density at radius 2 is 1.35 bits per heavy atom. The Kier molecular flexibility index (Phi) is 4.83. The lowest BCUT2D eigenvalue weighted by molar-refractivity contribution is -0.805. The van der Waals surface area contributed by atoms with Gasteiger partial charge in [-0.3, -0.25) is 4.90 Å². The standard InChI is InChI=1S/C17H18N2.HI/c1-18-13-19(2)17(15-11-7-4-8-12-15)16(18)14-9-5-3-6-10-14;/h3-12H,13H2,1-2H3;1H. The molecule has 2 nitrogen and oxygen atoms in total. The normalized spacial score (nSPS) is 18.1. The predicted octanol–water partition coefficient (Wildman–Crippen LogP) is -1.07. The maximum atomic E-state index is 2.34. The summed E-state index contributed by atoms with van der Waals surface area (Å²) >= 11 is 0. The fraction of sp³-hybridized carbons (Fsp3) is 0.176. The zero-order valence-electron chi connectivity index (χ0n) is 11.8. The first-order valence-corrected chi connectivity index (χ1v) is 6.66. The lowest BCUT2D eigenvalue weighted by Gasteiger charge is -2.12. The first-order valence-electron chi connectivity index (χ1n) is 6.66. The number of hydrogen-bond acceptors (Lipinski definition) is 1. The molecule has 3 heteroatoms. The molecular formula is C17H19IN2. The van der Waals surface area contributed by atoms with E-state index in [1.54, 1.807) is 0 Å². The van der Waals surface area contributed by atoms with Gasteiger partial charge in [0, 0.05) is 18.2 Å². The van der Waals surface area contributed by atoms with E-state index >= 15 is 0 Å². The van der Waals surface area contributed by atoms with Crippen LogP contribution >= 0.6 is 0 Å². The van der Waals surface area contributed by atoms with Crippen molar-refractivity contribution < 1.29 is 28.9 Å². The summed E-state index contributed by atoms with van der Waals surface area (Å²) in [4.78, 5) is 3.78. The number of quaternary nitrogens is 1. The van der Waals surface area contributed by atoms with Crippen LogP contribution in [0.2, 0.25) is 0 Å². The van der Waals surface area contributed by atoms with Crippen molar-refractivity contribution in [2.24, 2.45) is 0 Å². The molecule has 1 unspecified atom stereocenters. The van der Waals surface area contributed by atoms with Crippen molar-refractivity contribution in [2.75, 3.05) is 20.8 Å². The average Bonchev–Trinajstić information content (AvgIpc) is 2.75. The molecule has 0 saturated heterocycles. The van der Waals surface area contributed by atoms with E-state index in [9.17, 15) is 0 Å². The van der Waals surface area contributed by atoms with Crippen LogP contribution in [0.25, 0.3) is 11.4 Å². The van der Waals surface area contributed by atoms with Crippen LogP contribution in [0.3, 0.4) is 0 Å². The first kappa shape index (κ1) is 15.1. The van der Waals surface area contributed by atoms with Crippen LogP contribution in [0.15, 0.2) is 60.7 Å². The van der Waals surface area contributed by atoms with Crippen LogP contribution in [0.5, 0.6) is 0 Å². The third-order valence-corrected chi connectivity index (χ3v) is 3.63. The van der Waals surface area contributed by atoms with Crippen molar-refractivity contribution in [1.29, 1.82) is 0 Å². The molecule has 0 spiro atoms. The molecule has 0 fully saturated rings. The molecule has 20 heavy (non-hydrogen) atoms. The van der Waals surface area contributed by atoms with Gasteiger partial charge in [-0.2, -0.15) is 0 Å². The van der Waals surface area contributed by atoms with E-state index in [4.69, 9.17) is 0 Å². The molecule has 1 aliphatic heterocycles. The molecule has 104 valence electrons. The summed E-state index contributed by atoms with van der Waals surface area (Å²) in [5.74, 6) is 0. The van der Waals surface area contributed by atoms with Gasteiger partial charge in [0.1, 0.15) is 5.70 Å². The molecule has 1 atom stereocenters.